The number of carbonyl (C=O) groups excluding carboxylic acids is 1. The van der Waals surface area contributed by atoms with Gasteiger partial charge in [-0.25, -0.2) is 4.98 Å². The summed E-state index contributed by atoms with van der Waals surface area (Å²) < 4.78 is 6.21. The van der Waals surface area contributed by atoms with Crippen LogP contribution in [-0.2, 0) is 4.79 Å². The van der Waals surface area contributed by atoms with E-state index in [0.29, 0.717) is 10.9 Å². The van der Waals surface area contributed by atoms with Crippen molar-refractivity contribution in [3.63, 3.8) is 0 Å². The lowest BCUT2D eigenvalue weighted by molar-refractivity contribution is -0.111. The third-order valence-electron chi connectivity index (χ3n) is 3.41. The van der Waals surface area contributed by atoms with Crippen LogP contribution in [0.1, 0.15) is 5.56 Å². The fourth-order valence-corrected chi connectivity index (χ4v) is 3.32. The predicted molar refractivity (Wildman–Crippen MR) is 106 cm³/mol. The van der Waals surface area contributed by atoms with Crippen LogP contribution in [0.15, 0.2) is 64.5 Å². The summed E-state index contributed by atoms with van der Waals surface area (Å²) >= 11 is 4.81. The Morgan fingerprint density at radius 1 is 1.24 bits per heavy atom. The maximum atomic E-state index is 12.1. The molecule has 25 heavy (non-hydrogen) atoms. The molecule has 3 rings (SSSR count). The van der Waals surface area contributed by atoms with Gasteiger partial charge in [0.2, 0.25) is 5.91 Å². The number of hydrogen-bond acceptors (Lipinski definition) is 4. The van der Waals surface area contributed by atoms with Gasteiger partial charge in [0.15, 0.2) is 5.13 Å². The number of methoxy groups -OCH3 is 1. The number of carbonyl (C=O) groups is 1. The van der Waals surface area contributed by atoms with E-state index in [1.165, 1.54) is 17.4 Å². The molecule has 1 aromatic heterocycles. The number of benzene rings is 2. The van der Waals surface area contributed by atoms with E-state index in [1.807, 2.05) is 53.9 Å². The lowest BCUT2D eigenvalue weighted by atomic mass is 10.2. The first kappa shape index (κ1) is 17.4. The minimum atomic E-state index is -0.240. The normalized spacial score (nSPS) is 10.8. The van der Waals surface area contributed by atoms with Crippen LogP contribution in [0.25, 0.3) is 17.3 Å². The molecule has 0 aliphatic carbocycles. The van der Waals surface area contributed by atoms with E-state index in [2.05, 4.69) is 26.2 Å². The van der Waals surface area contributed by atoms with Crippen LogP contribution in [0.4, 0.5) is 5.13 Å². The van der Waals surface area contributed by atoms with Gasteiger partial charge in [-0.2, -0.15) is 0 Å². The smallest absolute Gasteiger partial charge is 0.250 e. The summed E-state index contributed by atoms with van der Waals surface area (Å²) in [6.07, 6.45) is 3.18. The maximum absolute atomic E-state index is 12.1. The molecule has 3 aromatic rings. The van der Waals surface area contributed by atoms with E-state index in [1.54, 1.807) is 13.2 Å². The van der Waals surface area contributed by atoms with Crippen LogP contribution < -0.4 is 10.1 Å². The highest BCUT2D eigenvalue weighted by atomic mass is 79.9. The first-order chi connectivity index (χ1) is 12.2. The Morgan fingerprint density at radius 3 is 2.80 bits per heavy atom. The monoisotopic (exact) mass is 414 g/mol. The Hall–Kier alpha value is -2.44. The molecule has 0 unspecified atom stereocenters. The molecule has 0 spiro atoms. The number of nitrogens with one attached hydrogen (secondary N) is 1. The van der Waals surface area contributed by atoms with Crippen molar-refractivity contribution in [3.8, 4) is 17.0 Å². The fraction of sp³-hybridized carbons (Fsp3) is 0.0526. The summed E-state index contributed by atoms with van der Waals surface area (Å²) in [5.41, 5.74) is 2.68. The Labute approximate surface area is 158 Å². The van der Waals surface area contributed by atoms with Crippen molar-refractivity contribution in [1.29, 1.82) is 0 Å². The Bertz CT molecular complexity index is 907. The molecular formula is C19H15BrN2O2S. The molecular weight excluding hydrogens is 400 g/mol. The maximum Gasteiger partial charge on any atom is 0.250 e. The molecule has 0 saturated heterocycles. The van der Waals surface area contributed by atoms with Crippen molar-refractivity contribution in [2.75, 3.05) is 12.4 Å². The van der Waals surface area contributed by atoms with E-state index in [-0.39, 0.29) is 5.91 Å². The number of hydrogen-bond donors (Lipinski definition) is 1. The van der Waals surface area contributed by atoms with E-state index < -0.39 is 0 Å². The number of amides is 1. The molecule has 0 fully saturated rings. The standard InChI is InChI=1S/C19H15BrN2O2S/c1-24-17-9-8-15(20)11-14(17)7-10-18(23)22-19-21-16(12-25-19)13-5-3-2-4-6-13/h2-12H,1H3,(H,21,22,23)/b10-7+. The van der Waals surface area contributed by atoms with Gasteiger partial charge in [-0.1, -0.05) is 46.3 Å². The summed E-state index contributed by atoms with van der Waals surface area (Å²) in [6.45, 7) is 0. The molecule has 126 valence electrons. The van der Waals surface area contributed by atoms with Gasteiger partial charge >= 0.3 is 0 Å². The van der Waals surface area contributed by atoms with Crippen molar-refractivity contribution in [2.45, 2.75) is 0 Å². The van der Waals surface area contributed by atoms with E-state index in [4.69, 9.17) is 4.74 Å². The van der Waals surface area contributed by atoms with E-state index >= 15 is 0 Å². The van der Waals surface area contributed by atoms with Gasteiger partial charge in [0.05, 0.1) is 12.8 Å². The SMILES string of the molecule is COc1ccc(Br)cc1/C=C/C(=O)Nc1nc(-c2ccccc2)cs1. The topological polar surface area (TPSA) is 51.2 Å². The van der Waals surface area contributed by atoms with Gasteiger partial charge in [-0.3, -0.25) is 10.1 Å². The molecule has 1 amide bonds. The zero-order chi connectivity index (χ0) is 17.6. The van der Waals surface area contributed by atoms with Crippen molar-refractivity contribution in [2.24, 2.45) is 0 Å². The second kappa shape index (κ2) is 8.09. The highest BCUT2D eigenvalue weighted by molar-refractivity contribution is 9.10. The summed E-state index contributed by atoms with van der Waals surface area (Å²) in [5.74, 6) is 0.462. The van der Waals surface area contributed by atoms with Crippen molar-refractivity contribution >= 4 is 44.4 Å². The zero-order valence-corrected chi connectivity index (χ0v) is 15.8. The van der Waals surface area contributed by atoms with Crippen LogP contribution in [0.2, 0.25) is 0 Å². The fourth-order valence-electron chi connectivity index (χ4n) is 2.22. The first-order valence-electron chi connectivity index (χ1n) is 7.49. The second-order valence-electron chi connectivity index (χ2n) is 5.11. The van der Waals surface area contributed by atoms with Crippen LogP contribution in [0, 0.1) is 0 Å². The minimum absolute atomic E-state index is 0.240. The molecule has 0 saturated carbocycles. The average Bonchev–Trinajstić information content (AvgIpc) is 3.09. The van der Waals surface area contributed by atoms with Crippen LogP contribution in [-0.4, -0.2) is 18.0 Å². The number of halogens is 1. The third kappa shape index (κ3) is 4.55. The molecule has 0 bridgehead atoms. The molecule has 0 aliphatic rings. The van der Waals surface area contributed by atoms with Gasteiger partial charge in [0, 0.05) is 27.1 Å². The summed E-state index contributed by atoms with van der Waals surface area (Å²) in [5, 5.41) is 5.27. The number of rotatable bonds is 5. The second-order valence-corrected chi connectivity index (χ2v) is 6.89. The molecule has 6 heteroatoms. The summed E-state index contributed by atoms with van der Waals surface area (Å²) in [7, 11) is 1.60. The zero-order valence-electron chi connectivity index (χ0n) is 13.4. The molecule has 2 aromatic carbocycles. The van der Waals surface area contributed by atoms with Gasteiger partial charge in [-0.05, 0) is 24.3 Å². The van der Waals surface area contributed by atoms with Crippen molar-refractivity contribution < 1.29 is 9.53 Å². The number of nitrogens with zero attached hydrogens (tertiary/aromatic N) is 1. The number of anilines is 1. The third-order valence-corrected chi connectivity index (χ3v) is 4.66. The van der Waals surface area contributed by atoms with Crippen LogP contribution in [0.5, 0.6) is 5.75 Å². The predicted octanol–water partition coefficient (Wildman–Crippen LogP) is 5.23. The number of ether oxygens (including phenoxy) is 1. The van der Waals surface area contributed by atoms with Gasteiger partial charge in [-0.15, -0.1) is 11.3 Å². The quantitative estimate of drug-likeness (QED) is 0.581. The molecule has 1 heterocycles. The van der Waals surface area contributed by atoms with Gasteiger partial charge < -0.3 is 4.74 Å². The van der Waals surface area contributed by atoms with Crippen LogP contribution >= 0.6 is 27.3 Å². The minimum Gasteiger partial charge on any atom is -0.496 e. The van der Waals surface area contributed by atoms with Gasteiger partial charge in [0.25, 0.3) is 0 Å². The highest BCUT2D eigenvalue weighted by Crippen LogP contribution is 2.26. The van der Waals surface area contributed by atoms with E-state index in [9.17, 15) is 4.79 Å². The summed E-state index contributed by atoms with van der Waals surface area (Å²) in [4.78, 5) is 16.6. The molecule has 0 atom stereocenters. The highest BCUT2D eigenvalue weighted by Gasteiger charge is 2.07. The Kier molecular flexibility index (Phi) is 5.63. The van der Waals surface area contributed by atoms with Crippen molar-refractivity contribution in [1.82, 2.24) is 4.98 Å². The Balaban J connectivity index is 1.69. The number of aromatic nitrogens is 1. The average molecular weight is 415 g/mol. The molecule has 0 aliphatic heterocycles. The summed E-state index contributed by atoms with van der Waals surface area (Å²) in [6, 6.07) is 15.5. The lowest BCUT2D eigenvalue weighted by Crippen LogP contribution is -2.07. The lowest BCUT2D eigenvalue weighted by Gasteiger charge is -2.04. The van der Waals surface area contributed by atoms with Gasteiger partial charge in [0.1, 0.15) is 5.75 Å². The van der Waals surface area contributed by atoms with E-state index in [0.717, 1.165) is 21.3 Å². The van der Waals surface area contributed by atoms with Crippen molar-refractivity contribution in [3.05, 3.63) is 70.0 Å². The first-order valence-corrected chi connectivity index (χ1v) is 9.16. The molecule has 4 nitrogen and oxygen atoms in total. The van der Waals surface area contributed by atoms with Crippen LogP contribution in [0.3, 0.4) is 0 Å². The number of thiazole rings is 1. The Morgan fingerprint density at radius 2 is 2.04 bits per heavy atom. The molecule has 0 radical (unpaired) electrons. The largest absolute Gasteiger partial charge is 0.496 e. The molecule has 1 N–H and O–H groups in total.